The molecule has 2 nitrogen and oxygen atoms in total. The van der Waals surface area contributed by atoms with E-state index in [0.717, 1.165) is 17.9 Å². The van der Waals surface area contributed by atoms with Gasteiger partial charge < -0.3 is 9.62 Å². The van der Waals surface area contributed by atoms with Crippen molar-refractivity contribution in [2.45, 2.75) is 70.8 Å². The van der Waals surface area contributed by atoms with Crippen LogP contribution in [0.4, 0.5) is 0 Å². The van der Waals surface area contributed by atoms with Crippen LogP contribution in [0.15, 0.2) is 0 Å². The van der Waals surface area contributed by atoms with Gasteiger partial charge in [0.05, 0.1) is 0 Å². The van der Waals surface area contributed by atoms with Gasteiger partial charge in [-0.3, -0.25) is 0 Å². The van der Waals surface area contributed by atoms with Crippen molar-refractivity contribution in [2.75, 3.05) is 19.6 Å². The number of rotatable bonds is 3. The second-order valence-electron chi connectivity index (χ2n) is 8.76. The molecule has 4 unspecified atom stereocenters. The summed E-state index contributed by atoms with van der Waals surface area (Å²) in [5.41, 5.74) is 0.612. The molecule has 0 aromatic rings. The third-order valence-corrected chi connectivity index (χ3v) is 6.84. The molecule has 0 bridgehead atoms. The van der Waals surface area contributed by atoms with E-state index in [2.05, 4.69) is 32.5 Å². The van der Waals surface area contributed by atoms with E-state index in [0.29, 0.717) is 5.41 Å². The Labute approximate surface area is 133 Å². The predicted octanol–water partition coefficient (Wildman–Crippen LogP) is 1.85. The van der Waals surface area contributed by atoms with E-state index in [1.54, 1.807) is 0 Å². The minimum atomic E-state index is 0.612. The van der Waals surface area contributed by atoms with E-state index >= 15 is 0 Å². The molecule has 3 fully saturated rings. The molecule has 4 atom stereocenters. The molecular formula is C17H34B2N2. The second-order valence-corrected chi connectivity index (χ2v) is 8.76. The molecule has 2 aliphatic heterocycles. The smallest absolute Gasteiger partial charge is 0.185 e. The van der Waals surface area contributed by atoms with Crippen LogP contribution in [0, 0.1) is 17.3 Å². The lowest BCUT2D eigenvalue weighted by molar-refractivity contribution is 0.106. The third-order valence-electron chi connectivity index (χ3n) is 6.84. The Bertz CT molecular complexity index is 352. The van der Waals surface area contributed by atoms with Crippen molar-refractivity contribution in [1.82, 2.24) is 9.62 Å². The zero-order chi connectivity index (χ0) is 14.9. The highest BCUT2D eigenvalue weighted by Gasteiger charge is 2.43. The summed E-state index contributed by atoms with van der Waals surface area (Å²) in [5.74, 6) is 2.00. The van der Waals surface area contributed by atoms with Gasteiger partial charge in [0.2, 0.25) is 0 Å². The summed E-state index contributed by atoms with van der Waals surface area (Å²) < 4.78 is 0. The van der Waals surface area contributed by atoms with Crippen LogP contribution in [0.5, 0.6) is 0 Å². The molecule has 0 amide bonds. The molecular weight excluding hydrogens is 254 g/mol. The van der Waals surface area contributed by atoms with Crippen LogP contribution in [0.2, 0.25) is 0 Å². The van der Waals surface area contributed by atoms with Crippen molar-refractivity contribution >= 4 is 16.0 Å². The van der Waals surface area contributed by atoms with Crippen LogP contribution < -0.4 is 0 Å². The quantitative estimate of drug-likeness (QED) is 0.731. The highest BCUT2D eigenvalue weighted by atomic mass is 15.1. The molecule has 1 saturated carbocycles. The van der Waals surface area contributed by atoms with E-state index in [1.807, 2.05) is 0 Å². The average Bonchev–Trinajstić information content (AvgIpc) is 2.81. The normalized spacial score (nSPS) is 43.2. The minimum Gasteiger partial charge on any atom is -0.348 e. The fourth-order valence-corrected chi connectivity index (χ4v) is 5.79. The van der Waals surface area contributed by atoms with Crippen LogP contribution in [0.3, 0.4) is 0 Å². The Balaban J connectivity index is 1.54. The van der Waals surface area contributed by atoms with Gasteiger partial charge in [0.1, 0.15) is 0 Å². The van der Waals surface area contributed by atoms with Gasteiger partial charge in [0.15, 0.2) is 16.0 Å². The van der Waals surface area contributed by atoms with Gasteiger partial charge in [0.25, 0.3) is 0 Å². The molecule has 2 saturated heterocycles. The maximum absolute atomic E-state index is 2.68. The summed E-state index contributed by atoms with van der Waals surface area (Å²) in [4.78, 5) is 5.23. The minimum absolute atomic E-state index is 0.612. The molecule has 3 rings (SSSR count). The lowest BCUT2D eigenvalue weighted by Crippen LogP contribution is -2.47. The number of hydrogen-bond donors (Lipinski definition) is 0. The highest BCUT2D eigenvalue weighted by Crippen LogP contribution is 2.49. The summed E-state index contributed by atoms with van der Waals surface area (Å²) in [6, 6.07) is 0.866. The first-order valence-electron chi connectivity index (χ1n) is 9.45. The van der Waals surface area contributed by atoms with Gasteiger partial charge in [-0.05, 0) is 88.3 Å². The molecule has 0 radical (unpaired) electrons. The molecule has 2 heterocycles. The molecule has 118 valence electrons. The van der Waals surface area contributed by atoms with E-state index in [-0.39, 0.29) is 0 Å². The topological polar surface area (TPSA) is 6.48 Å². The van der Waals surface area contributed by atoms with Crippen LogP contribution in [-0.2, 0) is 0 Å². The van der Waals surface area contributed by atoms with Gasteiger partial charge in [-0.2, -0.15) is 0 Å². The summed E-state index contributed by atoms with van der Waals surface area (Å²) in [7, 11) is 4.68. The number of piperidine rings is 2. The first-order valence-corrected chi connectivity index (χ1v) is 9.45. The van der Waals surface area contributed by atoms with Gasteiger partial charge in [-0.25, -0.2) is 0 Å². The van der Waals surface area contributed by atoms with Crippen LogP contribution in [0.1, 0.15) is 64.7 Å². The molecule has 4 heteroatoms. The van der Waals surface area contributed by atoms with E-state index in [4.69, 9.17) is 0 Å². The van der Waals surface area contributed by atoms with Crippen LogP contribution in [-0.4, -0.2) is 51.3 Å². The van der Waals surface area contributed by atoms with Crippen molar-refractivity contribution in [3.63, 3.8) is 0 Å². The summed E-state index contributed by atoms with van der Waals surface area (Å²) in [6.45, 7) is 6.62. The molecule has 0 aromatic heterocycles. The number of nitrogens with zero attached hydrogens (tertiary/aromatic N) is 2. The lowest BCUT2D eigenvalue weighted by atomic mass is 9.73. The van der Waals surface area contributed by atoms with Crippen LogP contribution >= 0.6 is 0 Å². The summed E-state index contributed by atoms with van der Waals surface area (Å²) in [5, 5.41) is 0. The monoisotopic (exact) mass is 288 g/mol. The maximum atomic E-state index is 2.68. The zero-order valence-electron chi connectivity index (χ0n) is 14.6. The highest BCUT2D eigenvalue weighted by molar-refractivity contribution is 6.04. The Morgan fingerprint density at radius 2 is 1.86 bits per heavy atom. The van der Waals surface area contributed by atoms with Crippen molar-refractivity contribution in [2.24, 2.45) is 17.3 Å². The largest absolute Gasteiger partial charge is 0.348 e. The van der Waals surface area contributed by atoms with Crippen molar-refractivity contribution in [3.8, 4) is 0 Å². The molecule has 1 aliphatic carbocycles. The Hall–Kier alpha value is 0.0499. The van der Waals surface area contributed by atoms with Gasteiger partial charge in [0, 0.05) is 6.04 Å². The van der Waals surface area contributed by atoms with Crippen molar-refractivity contribution < 1.29 is 0 Å². The van der Waals surface area contributed by atoms with Crippen molar-refractivity contribution in [3.05, 3.63) is 0 Å². The van der Waals surface area contributed by atoms with Gasteiger partial charge >= 0.3 is 0 Å². The second kappa shape index (κ2) is 6.66. The lowest BCUT2D eigenvalue weighted by Gasteiger charge is -2.44. The molecule has 0 N–H and O–H groups in total. The first-order chi connectivity index (χ1) is 10.1. The van der Waals surface area contributed by atoms with Crippen molar-refractivity contribution in [1.29, 1.82) is 0 Å². The van der Waals surface area contributed by atoms with Gasteiger partial charge in [-0.15, -0.1) is 0 Å². The Morgan fingerprint density at radius 3 is 2.62 bits per heavy atom. The molecule has 21 heavy (non-hydrogen) atoms. The summed E-state index contributed by atoms with van der Waals surface area (Å²) >= 11 is 0. The fourth-order valence-electron chi connectivity index (χ4n) is 5.79. The number of hydrogen-bond acceptors (Lipinski definition) is 2. The fraction of sp³-hybridized carbons (Fsp3) is 1.00. The summed E-state index contributed by atoms with van der Waals surface area (Å²) in [6.07, 6.45) is 13.2. The average molecular weight is 288 g/mol. The van der Waals surface area contributed by atoms with E-state index in [9.17, 15) is 0 Å². The van der Waals surface area contributed by atoms with Gasteiger partial charge in [-0.1, -0.05) is 13.3 Å². The predicted molar refractivity (Wildman–Crippen MR) is 95.8 cm³/mol. The molecule has 3 aliphatic rings. The van der Waals surface area contributed by atoms with E-state index < -0.39 is 0 Å². The maximum Gasteiger partial charge on any atom is 0.185 e. The Kier molecular flexibility index (Phi) is 5.05. The first kappa shape index (κ1) is 15.9. The van der Waals surface area contributed by atoms with E-state index in [1.165, 1.54) is 77.4 Å². The Morgan fingerprint density at radius 1 is 1.00 bits per heavy atom. The van der Waals surface area contributed by atoms with Crippen LogP contribution in [0.25, 0.3) is 0 Å². The molecule has 0 spiro atoms. The SMILES string of the molecule is BN1CCCC(CC2CCC(C)(C3CCCCN3B)C2)C1. The molecule has 0 aromatic carbocycles. The third kappa shape index (κ3) is 3.69. The standard InChI is InChI=1S/C17H34B2N2/c1-17(16-6-2-3-10-21(16)19)8-7-14(12-17)11-15-5-4-9-20(18)13-15/h14-16H,2-13,18-19H2,1H3. The zero-order valence-corrected chi connectivity index (χ0v) is 14.6.